The molecule has 1 heterocycles. The lowest BCUT2D eigenvalue weighted by Gasteiger charge is -2.04. The second kappa shape index (κ2) is 5.56. The molecule has 3 N–H and O–H groups in total. The number of nitrogens with two attached hydrogens (primary N) is 1. The topological polar surface area (TPSA) is 85.3 Å². The largest absolute Gasteiger partial charge is 0.447 e. The van der Waals surface area contributed by atoms with Gasteiger partial charge in [0.2, 0.25) is 5.09 Å². The highest BCUT2D eigenvalue weighted by atomic mass is 32.2. The van der Waals surface area contributed by atoms with E-state index in [-0.39, 0.29) is 18.2 Å². The molecule has 0 unspecified atom stereocenters. The summed E-state index contributed by atoms with van der Waals surface area (Å²) in [5.74, 6) is 0.440. The molecule has 5 nitrogen and oxygen atoms in total. The Labute approximate surface area is 112 Å². The highest BCUT2D eigenvalue weighted by Crippen LogP contribution is 2.14. The van der Waals surface area contributed by atoms with Gasteiger partial charge >= 0.3 is 0 Å². The Bertz CT molecular complexity index is 645. The van der Waals surface area contributed by atoms with Gasteiger partial charge in [0.25, 0.3) is 10.0 Å². The van der Waals surface area contributed by atoms with Crippen molar-refractivity contribution >= 4 is 10.0 Å². The van der Waals surface area contributed by atoms with Crippen LogP contribution in [0, 0.1) is 6.92 Å². The monoisotopic (exact) mass is 280 g/mol. The second-order valence-corrected chi connectivity index (χ2v) is 5.93. The van der Waals surface area contributed by atoms with Crippen molar-refractivity contribution in [1.82, 2.24) is 4.72 Å². The Hall–Kier alpha value is -1.63. The molecule has 1 aromatic carbocycles. The van der Waals surface area contributed by atoms with Crippen LogP contribution < -0.4 is 10.5 Å². The first-order valence-electron chi connectivity index (χ1n) is 5.85. The SMILES string of the molecule is Cc1ccc(CNS(=O)(=O)c2ccc(CN)o2)cc1. The van der Waals surface area contributed by atoms with E-state index in [1.165, 1.54) is 6.07 Å². The summed E-state index contributed by atoms with van der Waals surface area (Å²) >= 11 is 0. The maximum Gasteiger partial charge on any atom is 0.274 e. The van der Waals surface area contributed by atoms with E-state index in [0.29, 0.717) is 5.76 Å². The lowest BCUT2D eigenvalue weighted by molar-refractivity contribution is 0.413. The minimum atomic E-state index is -3.63. The number of hydrogen-bond donors (Lipinski definition) is 2. The molecule has 0 aliphatic rings. The van der Waals surface area contributed by atoms with Gasteiger partial charge in [-0.15, -0.1) is 0 Å². The summed E-state index contributed by atoms with van der Waals surface area (Å²) in [6.07, 6.45) is 0. The quantitative estimate of drug-likeness (QED) is 0.869. The molecule has 0 spiro atoms. The molecule has 0 radical (unpaired) electrons. The normalized spacial score (nSPS) is 11.7. The number of furan rings is 1. The summed E-state index contributed by atoms with van der Waals surface area (Å²) in [6, 6.07) is 10.6. The van der Waals surface area contributed by atoms with E-state index in [9.17, 15) is 8.42 Å². The van der Waals surface area contributed by atoms with Crippen molar-refractivity contribution in [3.8, 4) is 0 Å². The third-order valence-corrected chi connectivity index (χ3v) is 3.96. The lowest BCUT2D eigenvalue weighted by atomic mass is 10.2. The van der Waals surface area contributed by atoms with Gasteiger partial charge in [0, 0.05) is 6.54 Å². The Morgan fingerprint density at radius 3 is 2.42 bits per heavy atom. The fourth-order valence-electron chi connectivity index (χ4n) is 1.57. The molecule has 0 saturated carbocycles. The summed E-state index contributed by atoms with van der Waals surface area (Å²) in [5.41, 5.74) is 7.40. The first-order chi connectivity index (χ1) is 9.01. The van der Waals surface area contributed by atoms with Crippen LogP contribution in [0.15, 0.2) is 45.9 Å². The van der Waals surface area contributed by atoms with Gasteiger partial charge in [-0.05, 0) is 24.6 Å². The van der Waals surface area contributed by atoms with Gasteiger partial charge < -0.3 is 10.2 Å². The predicted molar refractivity (Wildman–Crippen MR) is 71.8 cm³/mol. The molecule has 1 aromatic heterocycles. The summed E-state index contributed by atoms with van der Waals surface area (Å²) in [4.78, 5) is 0. The molecular weight excluding hydrogens is 264 g/mol. The first-order valence-corrected chi connectivity index (χ1v) is 7.33. The highest BCUT2D eigenvalue weighted by Gasteiger charge is 2.17. The van der Waals surface area contributed by atoms with E-state index in [1.54, 1.807) is 6.07 Å². The van der Waals surface area contributed by atoms with E-state index < -0.39 is 10.0 Å². The number of sulfonamides is 1. The fourth-order valence-corrected chi connectivity index (χ4v) is 2.53. The zero-order chi connectivity index (χ0) is 13.9. The Morgan fingerprint density at radius 1 is 1.16 bits per heavy atom. The van der Waals surface area contributed by atoms with Gasteiger partial charge in [0.1, 0.15) is 5.76 Å². The maximum absolute atomic E-state index is 12.0. The third kappa shape index (κ3) is 3.44. The number of aryl methyl sites for hydroxylation is 1. The van der Waals surface area contributed by atoms with E-state index in [1.807, 2.05) is 31.2 Å². The van der Waals surface area contributed by atoms with Gasteiger partial charge in [0.15, 0.2) is 0 Å². The highest BCUT2D eigenvalue weighted by molar-refractivity contribution is 7.89. The van der Waals surface area contributed by atoms with Gasteiger partial charge in [-0.2, -0.15) is 0 Å². The summed E-state index contributed by atoms with van der Waals surface area (Å²) in [5, 5.41) is -0.111. The molecule has 0 atom stereocenters. The van der Waals surface area contributed by atoms with Crippen LogP contribution in [0.4, 0.5) is 0 Å². The van der Waals surface area contributed by atoms with Crippen molar-refractivity contribution in [2.75, 3.05) is 0 Å². The molecule has 19 heavy (non-hydrogen) atoms. The molecule has 2 aromatic rings. The lowest BCUT2D eigenvalue weighted by Crippen LogP contribution is -2.22. The average molecular weight is 280 g/mol. The van der Waals surface area contributed by atoms with Crippen LogP contribution in [0.25, 0.3) is 0 Å². The molecule has 0 fully saturated rings. The minimum Gasteiger partial charge on any atom is -0.447 e. The van der Waals surface area contributed by atoms with Crippen molar-refractivity contribution in [2.45, 2.75) is 25.1 Å². The van der Waals surface area contributed by atoms with Gasteiger partial charge in [0.05, 0.1) is 6.54 Å². The molecule has 102 valence electrons. The first kappa shape index (κ1) is 13.8. The zero-order valence-corrected chi connectivity index (χ0v) is 11.4. The molecule has 2 rings (SSSR count). The summed E-state index contributed by atoms with van der Waals surface area (Å²) in [6.45, 7) is 2.37. The van der Waals surface area contributed by atoms with E-state index >= 15 is 0 Å². The van der Waals surface area contributed by atoms with Crippen LogP contribution >= 0.6 is 0 Å². The smallest absolute Gasteiger partial charge is 0.274 e. The zero-order valence-electron chi connectivity index (χ0n) is 10.6. The van der Waals surface area contributed by atoms with Gasteiger partial charge in [-0.25, -0.2) is 13.1 Å². The third-order valence-electron chi connectivity index (χ3n) is 2.69. The number of benzene rings is 1. The Kier molecular flexibility index (Phi) is 4.04. The standard InChI is InChI=1S/C13H16N2O3S/c1-10-2-4-11(5-3-10)9-15-19(16,17)13-7-6-12(8-14)18-13/h2-7,15H,8-9,14H2,1H3. The van der Waals surface area contributed by atoms with Crippen molar-refractivity contribution in [3.63, 3.8) is 0 Å². The Morgan fingerprint density at radius 2 is 1.84 bits per heavy atom. The van der Waals surface area contributed by atoms with Crippen LogP contribution in [0.2, 0.25) is 0 Å². The molecule has 6 heteroatoms. The minimum absolute atomic E-state index is 0.111. The molecule has 0 aliphatic heterocycles. The van der Waals surface area contributed by atoms with Gasteiger partial charge in [-0.1, -0.05) is 29.8 Å². The van der Waals surface area contributed by atoms with E-state index in [2.05, 4.69) is 4.72 Å². The van der Waals surface area contributed by atoms with Crippen LogP contribution in [-0.4, -0.2) is 8.42 Å². The van der Waals surface area contributed by atoms with Crippen LogP contribution in [0.5, 0.6) is 0 Å². The predicted octanol–water partition coefficient (Wildman–Crippen LogP) is 1.53. The molecule has 0 amide bonds. The van der Waals surface area contributed by atoms with Crippen molar-refractivity contribution in [3.05, 3.63) is 53.3 Å². The molecule has 0 aliphatic carbocycles. The fraction of sp³-hybridized carbons (Fsp3) is 0.231. The van der Waals surface area contributed by atoms with E-state index in [4.69, 9.17) is 10.2 Å². The van der Waals surface area contributed by atoms with Crippen molar-refractivity contribution < 1.29 is 12.8 Å². The molecule has 0 bridgehead atoms. The average Bonchev–Trinajstić information content (AvgIpc) is 2.88. The number of hydrogen-bond acceptors (Lipinski definition) is 4. The van der Waals surface area contributed by atoms with Crippen molar-refractivity contribution in [1.29, 1.82) is 0 Å². The van der Waals surface area contributed by atoms with Crippen LogP contribution in [0.3, 0.4) is 0 Å². The second-order valence-electron chi connectivity index (χ2n) is 4.24. The van der Waals surface area contributed by atoms with Crippen LogP contribution in [-0.2, 0) is 23.1 Å². The molecule has 0 saturated heterocycles. The van der Waals surface area contributed by atoms with E-state index in [0.717, 1.165) is 11.1 Å². The molecular formula is C13H16N2O3S. The number of nitrogens with one attached hydrogen (secondary N) is 1. The maximum atomic E-state index is 12.0. The summed E-state index contributed by atoms with van der Waals surface area (Å²) in [7, 11) is -3.63. The van der Waals surface area contributed by atoms with Crippen molar-refractivity contribution in [2.24, 2.45) is 5.73 Å². The van der Waals surface area contributed by atoms with Gasteiger partial charge in [-0.3, -0.25) is 0 Å². The number of rotatable bonds is 5. The van der Waals surface area contributed by atoms with Crippen LogP contribution in [0.1, 0.15) is 16.9 Å². The summed E-state index contributed by atoms with van der Waals surface area (Å²) < 4.78 is 31.5. The Balaban J connectivity index is 2.07.